The minimum atomic E-state index is -3.56. The zero-order valence-electron chi connectivity index (χ0n) is 8.92. The Morgan fingerprint density at radius 3 is 2.65 bits per heavy atom. The molecule has 0 saturated heterocycles. The molecule has 0 aliphatic heterocycles. The molecule has 0 amide bonds. The molecule has 0 heterocycles. The van der Waals surface area contributed by atoms with Crippen LogP contribution in [0.25, 0.3) is 0 Å². The summed E-state index contributed by atoms with van der Waals surface area (Å²) in [5.74, 6) is -0.0273. The number of rotatable bonds is 5. The van der Waals surface area contributed by atoms with E-state index in [1.54, 1.807) is 25.1 Å². The zero-order chi connectivity index (χ0) is 13.1. The van der Waals surface area contributed by atoms with Gasteiger partial charge in [0.05, 0.1) is 15.6 Å². The first-order chi connectivity index (χ1) is 7.81. The average Bonchev–Trinajstić information content (AvgIpc) is 2.14. The second-order valence-corrected chi connectivity index (χ2v) is 7.30. The van der Waals surface area contributed by atoms with E-state index in [1.165, 1.54) is 0 Å². The van der Waals surface area contributed by atoms with Crippen molar-refractivity contribution < 1.29 is 13.3 Å². The van der Waals surface area contributed by atoms with E-state index < -0.39 is 14.0 Å². The van der Waals surface area contributed by atoms with Gasteiger partial charge in [0.1, 0.15) is 0 Å². The van der Waals surface area contributed by atoms with Gasteiger partial charge in [-0.3, -0.25) is 10.1 Å². The molecule has 1 aromatic carbocycles. The Labute approximate surface area is 108 Å². The lowest BCUT2D eigenvalue weighted by atomic mass is 10.2. The summed E-state index contributed by atoms with van der Waals surface area (Å²) in [7, 11) is 1.50. The van der Waals surface area contributed by atoms with Crippen LogP contribution in [0.15, 0.2) is 23.1 Å². The molecule has 0 bridgehead atoms. The molecule has 0 unspecified atom stereocenters. The number of nitro benzene ring substituents is 1. The standard InChI is InChI=1S/C9H10ClNO4S2/c1-7-3-2-4-8(9(7)11(12)13)16-5-6-17(10,14)15/h2-4H,5-6H2,1H3. The fourth-order valence-corrected chi connectivity index (χ4v) is 3.70. The van der Waals surface area contributed by atoms with Crippen LogP contribution in [0.1, 0.15) is 5.56 Å². The van der Waals surface area contributed by atoms with Gasteiger partial charge in [-0.15, -0.1) is 11.8 Å². The number of benzene rings is 1. The lowest BCUT2D eigenvalue weighted by molar-refractivity contribution is -0.388. The third kappa shape index (κ3) is 4.53. The van der Waals surface area contributed by atoms with Crippen LogP contribution < -0.4 is 0 Å². The summed E-state index contributed by atoms with van der Waals surface area (Å²) in [6.45, 7) is 1.64. The van der Waals surface area contributed by atoms with Crippen molar-refractivity contribution in [2.24, 2.45) is 0 Å². The Morgan fingerprint density at radius 2 is 2.12 bits per heavy atom. The molecular weight excluding hydrogens is 286 g/mol. The highest BCUT2D eigenvalue weighted by atomic mass is 35.7. The third-order valence-electron chi connectivity index (χ3n) is 1.97. The summed E-state index contributed by atoms with van der Waals surface area (Å²) in [5, 5.41) is 10.9. The maximum Gasteiger partial charge on any atom is 0.285 e. The summed E-state index contributed by atoms with van der Waals surface area (Å²) in [5.41, 5.74) is 0.568. The predicted molar refractivity (Wildman–Crippen MR) is 68.2 cm³/mol. The van der Waals surface area contributed by atoms with Gasteiger partial charge in [0.25, 0.3) is 5.69 Å². The number of aryl methyl sites for hydroxylation is 1. The highest BCUT2D eigenvalue weighted by Gasteiger charge is 2.17. The maximum atomic E-state index is 10.9. The Balaban J connectivity index is 2.85. The Hall–Kier alpha value is -0.790. The number of halogens is 1. The first-order valence-electron chi connectivity index (χ1n) is 4.60. The van der Waals surface area contributed by atoms with Crippen molar-refractivity contribution in [3.63, 3.8) is 0 Å². The van der Waals surface area contributed by atoms with Crippen molar-refractivity contribution in [1.82, 2.24) is 0 Å². The first kappa shape index (κ1) is 14.3. The van der Waals surface area contributed by atoms with E-state index in [-0.39, 0.29) is 17.2 Å². The summed E-state index contributed by atoms with van der Waals surface area (Å²) in [6, 6.07) is 4.93. The Bertz CT molecular complexity index is 530. The van der Waals surface area contributed by atoms with Crippen LogP contribution in [0.4, 0.5) is 5.69 Å². The fraction of sp³-hybridized carbons (Fsp3) is 0.333. The number of hydrogen-bond acceptors (Lipinski definition) is 5. The van der Waals surface area contributed by atoms with E-state index in [4.69, 9.17) is 10.7 Å². The SMILES string of the molecule is Cc1cccc(SCCS(=O)(=O)Cl)c1[N+](=O)[O-]. The van der Waals surface area contributed by atoms with E-state index in [2.05, 4.69) is 0 Å². The van der Waals surface area contributed by atoms with Crippen LogP contribution in [0, 0.1) is 17.0 Å². The molecule has 8 heteroatoms. The minimum Gasteiger partial charge on any atom is -0.258 e. The first-order valence-corrected chi connectivity index (χ1v) is 8.07. The molecule has 0 saturated carbocycles. The van der Waals surface area contributed by atoms with Gasteiger partial charge in [0.2, 0.25) is 9.05 Å². The molecule has 0 spiro atoms. The normalized spacial score (nSPS) is 11.4. The number of para-hydroxylation sites is 1. The molecule has 5 nitrogen and oxygen atoms in total. The summed E-state index contributed by atoms with van der Waals surface area (Å²) < 4.78 is 21.5. The molecule has 0 aliphatic rings. The fourth-order valence-electron chi connectivity index (χ4n) is 1.23. The highest BCUT2D eigenvalue weighted by Crippen LogP contribution is 2.31. The van der Waals surface area contributed by atoms with Crippen molar-refractivity contribution in [1.29, 1.82) is 0 Å². The third-order valence-corrected chi connectivity index (χ3v) is 4.43. The largest absolute Gasteiger partial charge is 0.285 e. The average molecular weight is 296 g/mol. The summed E-state index contributed by atoms with van der Waals surface area (Å²) in [6.07, 6.45) is 0. The highest BCUT2D eigenvalue weighted by molar-refractivity contribution is 8.14. The van der Waals surface area contributed by atoms with Crippen LogP contribution in [-0.2, 0) is 9.05 Å². The van der Waals surface area contributed by atoms with E-state index in [0.29, 0.717) is 10.5 Å². The number of nitrogens with zero attached hydrogens (tertiary/aromatic N) is 1. The van der Waals surface area contributed by atoms with Gasteiger partial charge in [-0.2, -0.15) is 0 Å². The second kappa shape index (κ2) is 5.70. The monoisotopic (exact) mass is 295 g/mol. The van der Waals surface area contributed by atoms with E-state index in [9.17, 15) is 18.5 Å². The van der Waals surface area contributed by atoms with Crippen molar-refractivity contribution >= 4 is 37.2 Å². The number of hydrogen-bond donors (Lipinski definition) is 0. The molecule has 0 fully saturated rings. The molecule has 94 valence electrons. The van der Waals surface area contributed by atoms with Gasteiger partial charge >= 0.3 is 0 Å². The minimum absolute atomic E-state index is 0.0180. The molecule has 0 aliphatic carbocycles. The molecular formula is C9H10ClNO4S2. The van der Waals surface area contributed by atoms with Crippen LogP contribution in [0.3, 0.4) is 0 Å². The van der Waals surface area contributed by atoms with Gasteiger partial charge in [-0.1, -0.05) is 12.1 Å². The van der Waals surface area contributed by atoms with Gasteiger partial charge in [0, 0.05) is 22.0 Å². The molecule has 0 N–H and O–H groups in total. The lowest BCUT2D eigenvalue weighted by Gasteiger charge is -2.04. The van der Waals surface area contributed by atoms with E-state index >= 15 is 0 Å². The van der Waals surface area contributed by atoms with Crippen molar-refractivity contribution in [2.45, 2.75) is 11.8 Å². The Kier molecular flexibility index (Phi) is 4.79. The Morgan fingerprint density at radius 1 is 1.47 bits per heavy atom. The summed E-state index contributed by atoms with van der Waals surface area (Å²) >= 11 is 1.11. The maximum absolute atomic E-state index is 10.9. The van der Waals surface area contributed by atoms with Crippen molar-refractivity contribution in [2.75, 3.05) is 11.5 Å². The summed E-state index contributed by atoms with van der Waals surface area (Å²) in [4.78, 5) is 10.8. The molecule has 1 rings (SSSR count). The predicted octanol–water partition coefficient (Wildman–Crippen LogP) is 2.56. The van der Waals surface area contributed by atoms with E-state index in [0.717, 1.165) is 11.8 Å². The quantitative estimate of drug-likeness (QED) is 0.361. The van der Waals surface area contributed by atoms with Crippen LogP contribution in [0.5, 0.6) is 0 Å². The number of thioether (sulfide) groups is 1. The zero-order valence-corrected chi connectivity index (χ0v) is 11.3. The topological polar surface area (TPSA) is 77.3 Å². The molecule has 0 atom stereocenters. The molecule has 0 radical (unpaired) electrons. The smallest absolute Gasteiger partial charge is 0.258 e. The van der Waals surface area contributed by atoms with Crippen LogP contribution in [-0.4, -0.2) is 24.8 Å². The van der Waals surface area contributed by atoms with Crippen molar-refractivity contribution in [3.05, 3.63) is 33.9 Å². The van der Waals surface area contributed by atoms with Gasteiger partial charge in [-0.05, 0) is 13.0 Å². The van der Waals surface area contributed by atoms with Gasteiger partial charge in [-0.25, -0.2) is 8.42 Å². The van der Waals surface area contributed by atoms with E-state index in [1.807, 2.05) is 0 Å². The lowest BCUT2D eigenvalue weighted by Crippen LogP contribution is -2.00. The molecule has 0 aromatic heterocycles. The molecule has 17 heavy (non-hydrogen) atoms. The van der Waals surface area contributed by atoms with Crippen molar-refractivity contribution in [3.8, 4) is 0 Å². The van der Waals surface area contributed by atoms with Gasteiger partial charge < -0.3 is 0 Å². The van der Waals surface area contributed by atoms with Crippen LogP contribution >= 0.6 is 22.4 Å². The molecule has 1 aromatic rings. The number of nitro groups is 1. The second-order valence-electron chi connectivity index (χ2n) is 3.27. The van der Waals surface area contributed by atoms with Gasteiger partial charge in [0.15, 0.2) is 0 Å². The van der Waals surface area contributed by atoms with Crippen LogP contribution in [0.2, 0.25) is 0 Å².